The third-order valence-electron chi connectivity index (χ3n) is 5.41. The summed E-state index contributed by atoms with van der Waals surface area (Å²) < 4.78 is 14.5. The number of piperidine rings is 1. The lowest BCUT2D eigenvalue weighted by Gasteiger charge is -2.31. The van der Waals surface area contributed by atoms with E-state index in [9.17, 15) is 4.39 Å². The van der Waals surface area contributed by atoms with Crippen LogP contribution in [0.5, 0.6) is 0 Å². The van der Waals surface area contributed by atoms with Gasteiger partial charge in [0.1, 0.15) is 5.82 Å². The first-order valence-corrected chi connectivity index (χ1v) is 9.92. The molecule has 152 valence electrons. The Labute approximate surface area is 165 Å². The second kappa shape index (κ2) is 10.5. The Balaban J connectivity index is 1.57. The summed E-state index contributed by atoms with van der Waals surface area (Å²) in [6, 6.07) is 13.1. The molecule has 6 heteroatoms. The lowest BCUT2D eigenvalue weighted by Crippen LogP contribution is -2.33. The van der Waals surface area contributed by atoms with Crippen molar-refractivity contribution in [1.29, 1.82) is 0 Å². The molecule has 0 atom stereocenters. The minimum atomic E-state index is -0.284. The monoisotopic (exact) mass is 388 g/mol. The van der Waals surface area contributed by atoms with Crippen LogP contribution in [0.3, 0.4) is 0 Å². The van der Waals surface area contributed by atoms with Crippen molar-refractivity contribution in [3.63, 3.8) is 0 Å². The van der Waals surface area contributed by atoms with Gasteiger partial charge in [-0.1, -0.05) is 24.3 Å². The Bertz CT molecular complexity index is 731. The Morgan fingerprint density at radius 2 is 1.86 bits per heavy atom. The normalized spacial score (nSPS) is 15.7. The van der Waals surface area contributed by atoms with Crippen molar-refractivity contribution in [2.75, 3.05) is 38.2 Å². The van der Waals surface area contributed by atoms with Gasteiger partial charge in [0.25, 0.3) is 0 Å². The summed E-state index contributed by atoms with van der Waals surface area (Å²) in [4.78, 5) is 6.44. The second-order valence-electron chi connectivity index (χ2n) is 7.38. The zero-order chi connectivity index (χ0) is 19.8. The van der Waals surface area contributed by atoms with Crippen molar-refractivity contribution in [3.8, 4) is 11.1 Å². The molecule has 1 aliphatic rings. The van der Waals surface area contributed by atoms with Crippen molar-refractivity contribution >= 4 is 5.69 Å². The van der Waals surface area contributed by atoms with Crippen molar-refractivity contribution in [1.82, 2.24) is 4.90 Å². The standard InChI is InChI=1S/C22H29FN2O3/c23-22-15-20(24-10-14-28-27)5-6-21(22)19-3-1-18(2-4-19)16-25-11-7-17(8-12-25)9-13-26/h1-6,15,17,24,26-27H,7-14,16H2. The van der Waals surface area contributed by atoms with Gasteiger partial charge in [-0.05, 0) is 67.6 Å². The third kappa shape index (κ3) is 5.75. The molecule has 0 unspecified atom stereocenters. The summed E-state index contributed by atoms with van der Waals surface area (Å²) in [5.41, 5.74) is 3.31. The Morgan fingerprint density at radius 1 is 1.11 bits per heavy atom. The quantitative estimate of drug-likeness (QED) is 0.344. The molecule has 0 spiro atoms. The Kier molecular flexibility index (Phi) is 7.80. The fourth-order valence-corrected chi connectivity index (χ4v) is 3.76. The topological polar surface area (TPSA) is 65.0 Å². The maximum Gasteiger partial charge on any atom is 0.133 e. The number of nitrogens with one attached hydrogen (secondary N) is 1. The van der Waals surface area contributed by atoms with Gasteiger partial charge in [0.15, 0.2) is 0 Å². The number of aliphatic hydroxyl groups is 1. The van der Waals surface area contributed by atoms with E-state index in [-0.39, 0.29) is 19.0 Å². The van der Waals surface area contributed by atoms with E-state index in [1.807, 2.05) is 18.2 Å². The number of nitrogens with zero attached hydrogens (tertiary/aromatic N) is 1. The van der Waals surface area contributed by atoms with Gasteiger partial charge in [-0.2, -0.15) is 0 Å². The summed E-state index contributed by atoms with van der Waals surface area (Å²) in [6.07, 6.45) is 3.21. The molecule has 0 saturated carbocycles. The van der Waals surface area contributed by atoms with Crippen LogP contribution in [0.4, 0.5) is 10.1 Å². The molecule has 5 nitrogen and oxygen atoms in total. The van der Waals surface area contributed by atoms with Crippen LogP contribution in [0.15, 0.2) is 42.5 Å². The number of rotatable bonds is 9. The summed E-state index contributed by atoms with van der Waals surface area (Å²) in [5, 5.41) is 20.4. The van der Waals surface area contributed by atoms with Crippen LogP contribution in [0, 0.1) is 11.7 Å². The maximum atomic E-state index is 14.5. The van der Waals surface area contributed by atoms with Crippen molar-refractivity contribution in [3.05, 3.63) is 53.8 Å². The highest BCUT2D eigenvalue weighted by atomic mass is 19.1. The van der Waals surface area contributed by atoms with E-state index in [2.05, 4.69) is 27.2 Å². The highest BCUT2D eigenvalue weighted by Gasteiger charge is 2.18. The van der Waals surface area contributed by atoms with Gasteiger partial charge in [0.05, 0.1) is 6.61 Å². The number of aliphatic hydroxyl groups excluding tert-OH is 1. The molecule has 1 fully saturated rings. The van der Waals surface area contributed by atoms with E-state index in [1.54, 1.807) is 6.07 Å². The van der Waals surface area contributed by atoms with E-state index in [1.165, 1.54) is 11.6 Å². The van der Waals surface area contributed by atoms with Crippen LogP contribution < -0.4 is 5.32 Å². The molecule has 1 heterocycles. The number of halogens is 1. The van der Waals surface area contributed by atoms with Gasteiger partial charge < -0.3 is 10.4 Å². The molecule has 2 aromatic carbocycles. The molecule has 0 radical (unpaired) electrons. The predicted molar refractivity (Wildman–Crippen MR) is 109 cm³/mol. The fourth-order valence-electron chi connectivity index (χ4n) is 3.76. The molecule has 1 aliphatic heterocycles. The molecule has 0 aliphatic carbocycles. The first-order valence-electron chi connectivity index (χ1n) is 9.92. The number of hydrogen-bond acceptors (Lipinski definition) is 5. The van der Waals surface area contributed by atoms with Crippen LogP contribution >= 0.6 is 0 Å². The van der Waals surface area contributed by atoms with E-state index >= 15 is 0 Å². The van der Waals surface area contributed by atoms with Gasteiger partial charge in [-0.25, -0.2) is 9.28 Å². The number of likely N-dealkylation sites (tertiary alicyclic amines) is 1. The summed E-state index contributed by atoms with van der Waals surface area (Å²) in [6.45, 7) is 3.88. The van der Waals surface area contributed by atoms with E-state index in [4.69, 9.17) is 10.4 Å². The minimum absolute atomic E-state index is 0.143. The summed E-state index contributed by atoms with van der Waals surface area (Å²) in [5.74, 6) is 0.369. The van der Waals surface area contributed by atoms with Crippen LogP contribution in [0.1, 0.15) is 24.8 Å². The smallest absolute Gasteiger partial charge is 0.133 e. The third-order valence-corrected chi connectivity index (χ3v) is 5.41. The van der Waals surface area contributed by atoms with Crippen LogP contribution in [-0.4, -0.2) is 48.1 Å². The first-order chi connectivity index (χ1) is 13.7. The maximum absolute atomic E-state index is 14.5. The molecule has 0 bridgehead atoms. The molecule has 1 saturated heterocycles. The fraction of sp³-hybridized carbons (Fsp3) is 0.455. The number of benzene rings is 2. The summed E-state index contributed by atoms with van der Waals surface area (Å²) >= 11 is 0. The lowest BCUT2D eigenvalue weighted by atomic mass is 9.93. The van der Waals surface area contributed by atoms with Gasteiger partial charge >= 0.3 is 0 Å². The Hall–Kier alpha value is -1.99. The average Bonchev–Trinajstić information content (AvgIpc) is 2.71. The van der Waals surface area contributed by atoms with E-state index < -0.39 is 0 Å². The van der Waals surface area contributed by atoms with Crippen LogP contribution in [-0.2, 0) is 11.4 Å². The highest BCUT2D eigenvalue weighted by Crippen LogP contribution is 2.27. The van der Waals surface area contributed by atoms with Gasteiger partial charge in [-0.3, -0.25) is 10.2 Å². The lowest BCUT2D eigenvalue weighted by molar-refractivity contribution is -0.238. The predicted octanol–water partition coefficient (Wildman–Crippen LogP) is 3.99. The van der Waals surface area contributed by atoms with Crippen molar-refractivity contribution in [2.24, 2.45) is 5.92 Å². The molecule has 28 heavy (non-hydrogen) atoms. The minimum Gasteiger partial charge on any atom is -0.396 e. The molecular weight excluding hydrogens is 359 g/mol. The SMILES string of the molecule is OCCC1CCN(Cc2ccc(-c3ccc(NCCOO)cc3F)cc2)CC1. The number of hydrogen-bond donors (Lipinski definition) is 3. The first kappa shape index (κ1) is 20.7. The van der Waals surface area contributed by atoms with Gasteiger partial charge in [-0.15, -0.1) is 0 Å². The van der Waals surface area contributed by atoms with Crippen molar-refractivity contribution in [2.45, 2.75) is 25.8 Å². The average molecular weight is 388 g/mol. The summed E-state index contributed by atoms with van der Waals surface area (Å²) in [7, 11) is 0. The molecule has 2 aromatic rings. The molecule has 3 N–H and O–H groups in total. The van der Waals surface area contributed by atoms with E-state index in [0.717, 1.165) is 44.5 Å². The van der Waals surface area contributed by atoms with Gasteiger partial charge in [0, 0.05) is 30.9 Å². The largest absolute Gasteiger partial charge is 0.396 e. The second-order valence-corrected chi connectivity index (χ2v) is 7.38. The van der Waals surface area contributed by atoms with Crippen molar-refractivity contribution < 1.29 is 19.6 Å². The molecule has 3 rings (SSSR count). The molecular formula is C22H29FN2O3. The zero-order valence-electron chi connectivity index (χ0n) is 16.1. The Morgan fingerprint density at radius 3 is 2.50 bits per heavy atom. The van der Waals surface area contributed by atoms with E-state index in [0.29, 0.717) is 23.7 Å². The van der Waals surface area contributed by atoms with Crippen LogP contribution in [0.2, 0.25) is 0 Å². The van der Waals surface area contributed by atoms with Crippen LogP contribution in [0.25, 0.3) is 11.1 Å². The zero-order valence-corrected chi connectivity index (χ0v) is 16.1. The molecule has 0 amide bonds. The highest BCUT2D eigenvalue weighted by molar-refractivity contribution is 5.67. The number of anilines is 1. The van der Waals surface area contributed by atoms with Gasteiger partial charge in [0.2, 0.25) is 0 Å². The molecule has 0 aromatic heterocycles.